The Morgan fingerprint density at radius 2 is 2.13 bits per heavy atom. The SMILES string of the molecule is CC#[N+]C(=S)Nc1ccc([N+](=O)[O-])cc1. The highest BCUT2D eigenvalue weighted by molar-refractivity contribution is 7.80. The fourth-order valence-corrected chi connectivity index (χ4v) is 1.13. The van der Waals surface area contributed by atoms with E-state index in [1.807, 2.05) is 0 Å². The number of rotatable bonds is 2. The second-order valence-electron chi connectivity index (χ2n) is 2.57. The zero-order valence-electron chi connectivity index (χ0n) is 7.93. The first-order chi connectivity index (χ1) is 7.13. The van der Waals surface area contributed by atoms with Crippen LogP contribution in [0, 0.1) is 16.2 Å². The average molecular weight is 222 g/mol. The van der Waals surface area contributed by atoms with E-state index in [-0.39, 0.29) is 10.8 Å². The van der Waals surface area contributed by atoms with Crippen LogP contribution >= 0.6 is 12.2 Å². The van der Waals surface area contributed by atoms with E-state index in [4.69, 9.17) is 12.2 Å². The molecule has 0 bridgehead atoms. The Kier molecular flexibility index (Phi) is 3.71. The lowest BCUT2D eigenvalue weighted by Crippen LogP contribution is -2.03. The molecule has 1 N–H and O–H groups in total. The second-order valence-corrected chi connectivity index (χ2v) is 2.96. The molecular weight excluding hydrogens is 214 g/mol. The molecule has 0 fully saturated rings. The highest BCUT2D eigenvalue weighted by Crippen LogP contribution is 2.15. The van der Waals surface area contributed by atoms with Crippen LogP contribution in [0.2, 0.25) is 0 Å². The number of benzene rings is 1. The fourth-order valence-electron chi connectivity index (χ4n) is 0.919. The van der Waals surface area contributed by atoms with Crippen LogP contribution in [0.4, 0.5) is 11.4 Å². The van der Waals surface area contributed by atoms with Crippen molar-refractivity contribution in [1.82, 2.24) is 0 Å². The minimum atomic E-state index is -0.458. The van der Waals surface area contributed by atoms with E-state index in [1.54, 1.807) is 19.1 Å². The van der Waals surface area contributed by atoms with Crippen LogP contribution in [-0.4, -0.2) is 10.0 Å². The summed E-state index contributed by atoms with van der Waals surface area (Å²) in [6.07, 6.45) is 0. The molecule has 0 radical (unpaired) electrons. The van der Waals surface area contributed by atoms with Crippen molar-refractivity contribution in [3.8, 4) is 6.07 Å². The zero-order valence-corrected chi connectivity index (χ0v) is 8.75. The first-order valence-corrected chi connectivity index (χ1v) is 4.47. The van der Waals surface area contributed by atoms with Gasteiger partial charge in [0.1, 0.15) is 5.69 Å². The van der Waals surface area contributed by atoms with Gasteiger partial charge in [-0.05, 0) is 12.1 Å². The fraction of sp³-hybridized carbons (Fsp3) is 0.111. The molecule has 0 aromatic heterocycles. The number of nitrogens with zero attached hydrogens (tertiary/aromatic N) is 2. The predicted molar refractivity (Wildman–Crippen MR) is 62.2 cm³/mol. The predicted octanol–water partition coefficient (Wildman–Crippen LogP) is 2.64. The molecule has 1 aromatic carbocycles. The van der Waals surface area contributed by atoms with Gasteiger partial charge in [0.2, 0.25) is 0 Å². The number of anilines is 1. The van der Waals surface area contributed by atoms with Crippen molar-refractivity contribution in [3.05, 3.63) is 39.2 Å². The molecule has 0 aliphatic rings. The maximum Gasteiger partial charge on any atom is 0.453 e. The van der Waals surface area contributed by atoms with Gasteiger partial charge in [-0.15, -0.1) is 4.85 Å². The summed E-state index contributed by atoms with van der Waals surface area (Å²) >= 11 is 4.85. The standard InChI is InChI=1S/C9H7N3O2S/c1-2-10-9(15)11-7-3-5-8(6-4-7)12(13)14/h3-6H,1H3/p+1. The molecule has 0 amide bonds. The summed E-state index contributed by atoms with van der Waals surface area (Å²) in [6.45, 7) is 1.63. The summed E-state index contributed by atoms with van der Waals surface area (Å²) in [5.41, 5.74) is 0.696. The molecule has 0 aliphatic heterocycles. The lowest BCUT2D eigenvalue weighted by Gasteiger charge is -1.93. The second kappa shape index (κ2) is 5.02. The van der Waals surface area contributed by atoms with Crippen molar-refractivity contribution in [2.75, 3.05) is 5.32 Å². The average Bonchev–Trinajstić information content (AvgIpc) is 2.18. The number of nitrogens with one attached hydrogen (secondary N) is 1. The van der Waals surface area contributed by atoms with Crippen LogP contribution in [0.15, 0.2) is 24.3 Å². The number of hydrogen-bond donors (Lipinski definition) is 1. The van der Waals surface area contributed by atoms with Crippen LogP contribution in [-0.2, 0) is 0 Å². The van der Waals surface area contributed by atoms with Crippen LogP contribution in [0.3, 0.4) is 0 Å². The maximum absolute atomic E-state index is 10.4. The van der Waals surface area contributed by atoms with Gasteiger partial charge in [0, 0.05) is 31.3 Å². The molecule has 0 aliphatic carbocycles. The Morgan fingerprint density at radius 3 is 2.60 bits per heavy atom. The van der Waals surface area contributed by atoms with Crippen molar-refractivity contribution in [1.29, 1.82) is 0 Å². The Morgan fingerprint density at radius 1 is 1.53 bits per heavy atom. The van der Waals surface area contributed by atoms with E-state index in [2.05, 4.69) is 16.2 Å². The largest absolute Gasteiger partial charge is 0.453 e. The van der Waals surface area contributed by atoms with E-state index in [1.165, 1.54) is 12.1 Å². The zero-order chi connectivity index (χ0) is 11.3. The summed E-state index contributed by atoms with van der Waals surface area (Å²) in [6, 6.07) is 8.45. The van der Waals surface area contributed by atoms with E-state index in [9.17, 15) is 10.1 Å². The van der Waals surface area contributed by atoms with Crippen LogP contribution in [0.25, 0.3) is 4.85 Å². The Balaban J connectivity index is 2.75. The Bertz CT molecular complexity index is 445. The molecule has 0 saturated heterocycles. The summed E-state index contributed by atoms with van der Waals surface area (Å²) in [7, 11) is 0. The minimum absolute atomic E-state index is 0.0389. The van der Waals surface area contributed by atoms with Crippen molar-refractivity contribution >= 4 is 28.7 Å². The molecule has 0 heterocycles. The molecule has 6 heteroatoms. The van der Waals surface area contributed by atoms with Gasteiger partial charge < -0.3 is 0 Å². The molecule has 0 atom stereocenters. The van der Waals surface area contributed by atoms with Gasteiger partial charge in [-0.3, -0.25) is 10.1 Å². The molecular formula is C9H8N3O2S+. The molecule has 1 aromatic rings. The molecule has 0 unspecified atom stereocenters. The maximum atomic E-state index is 10.4. The van der Waals surface area contributed by atoms with Gasteiger partial charge in [-0.2, -0.15) is 0 Å². The van der Waals surface area contributed by atoms with Crippen molar-refractivity contribution in [2.45, 2.75) is 6.92 Å². The van der Waals surface area contributed by atoms with E-state index in [0.29, 0.717) is 5.69 Å². The number of non-ortho nitro benzene ring substituents is 1. The summed E-state index contributed by atoms with van der Waals surface area (Å²) in [4.78, 5) is 13.6. The quantitative estimate of drug-likeness (QED) is 0.474. The van der Waals surface area contributed by atoms with Gasteiger partial charge in [-0.25, -0.2) is 5.32 Å². The van der Waals surface area contributed by atoms with Crippen LogP contribution < -0.4 is 5.32 Å². The monoisotopic (exact) mass is 222 g/mol. The third-order valence-corrected chi connectivity index (χ3v) is 1.74. The Hall–Kier alpha value is -2.00. The number of thiocarbonyl (C=S) groups is 1. The normalized spacial score (nSPS) is 8.60. The van der Waals surface area contributed by atoms with E-state index < -0.39 is 4.92 Å². The van der Waals surface area contributed by atoms with Gasteiger partial charge >= 0.3 is 5.11 Å². The number of nitro groups is 1. The number of hydrogen-bond acceptors (Lipinski definition) is 3. The highest BCUT2D eigenvalue weighted by atomic mass is 32.1. The lowest BCUT2D eigenvalue weighted by molar-refractivity contribution is -0.384. The topological polar surface area (TPSA) is 59.5 Å². The molecule has 0 spiro atoms. The summed E-state index contributed by atoms with van der Waals surface area (Å²) in [5.74, 6) is 0. The first kappa shape index (κ1) is 11.1. The van der Waals surface area contributed by atoms with Crippen LogP contribution in [0.5, 0.6) is 0 Å². The molecule has 0 saturated carbocycles. The third-order valence-electron chi connectivity index (χ3n) is 1.54. The van der Waals surface area contributed by atoms with E-state index in [0.717, 1.165) is 0 Å². The minimum Gasteiger partial charge on any atom is -0.258 e. The van der Waals surface area contributed by atoms with Gasteiger partial charge in [0.25, 0.3) is 5.69 Å². The summed E-state index contributed by atoms with van der Waals surface area (Å²) in [5, 5.41) is 13.4. The van der Waals surface area contributed by atoms with Crippen molar-refractivity contribution < 1.29 is 4.92 Å². The number of nitro benzene ring substituents is 1. The Labute approximate surface area is 91.7 Å². The van der Waals surface area contributed by atoms with E-state index >= 15 is 0 Å². The van der Waals surface area contributed by atoms with Crippen molar-refractivity contribution in [3.63, 3.8) is 0 Å². The third kappa shape index (κ3) is 3.32. The molecule has 15 heavy (non-hydrogen) atoms. The lowest BCUT2D eigenvalue weighted by atomic mass is 10.3. The molecule has 5 nitrogen and oxygen atoms in total. The first-order valence-electron chi connectivity index (χ1n) is 4.06. The molecule has 1 rings (SSSR count). The van der Waals surface area contributed by atoms with Crippen LogP contribution in [0.1, 0.15) is 6.92 Å². The van der Waals surface area contributed by atoms with Gasteiger partial charge in [0.15, 0.2) is 6.07 Å². The van der Waals surface area contributed by atoms with Crippen molar-refractivity contribution in [2.24, 2.45) is 0 Å². The summed E-state index contributed by atoms with van der Waals surface area (Å²) < 4.78 is 0. The highest BCUT2D eigenvalue weighted by Gasteiger charge is 2.08. The molecule has 76 valence electrons. The van der Waals surface area contributed by atoms with Gasteiger partial charge in [0.05, 0.1) is 4.92 Å². The smallest absolute Gasteiger partial charge is 0.258 e. The van der Waals surface area contributed by atoms with Gasteiger partial charge in [-0.1, -0.05) is 0 Å².